The lowest BCUT2D eigenvalue weighted by atomic mass is 9.87. The average molecular weight is 355 g/mol. The molecule has 0 saturated carbocycles. The molecule has 0 bridgehead atoms. The molecule has 0 aromatic heterocycles. The van der Waals surface area contributed by atoms with Crippen molar-refractivity contribution in [2.45, 2.75) is 18.3 Å². The minimum Gasteiger partial charge on any atom is -0.457 e. The Morgan fingerprint density at radius 3 is 2.07 bits per heavy atom. The number of hydrogen-bond donors (Lipinski definition) is 0. The number of rotatable bonds is 2. The Hall–Kier alpha value is -3.07. The summed E-state index contributed by atoms with van der Waals surface area (Å²) in [5.41, 5.74) is 3.24. The molecule has 2 aliphatic heterocycles. The lowest BCUT2D eigenvalue weighted by Crippen LogP contribution is -2.34. The fourth-order valence-electron chi connectivity index (χ4n) is 4.32. The molecule has 1 amide bonds. The zero-order valence-corrected chi connectivity index (χ0v) is 15.0. The van der Waals surface area contributed by atoms with Crippen molar-refractivity contribution in [2.24, 2.45) is 0 Å². The van der Waals surface area contributed by atoms with Crippen LogP contribution in [-0.2, 0) is 4.79 Å². The van der Waals surface area contributed by atoms with Gasteiger partial charge in [0.1, 0.15) is 11.5 Å². The predicted molar refractivity (Wildman–Crippen MR) is 105 cm³/mol. The number of ether oxygens (including phenoxy) is 1. The van der Waals surface area contributed by atoms with E-state index in [1.54, 1.807) is 0 Å². The van der Waals surface area contributed by atoms with E-state index < -0.39 is 0 Å². The van der Waals surface area contributed by atoms with E-state index in [2.05, 4.69) is 24.3 Å². The van der Waals surface area contributed by atoms with Crippen molar-refractivity contribution in [3.8, 4) is 11.5 Å². The van der Waals surface area contributed by atoms with Crippen LogP contribution in [0.25, 0.3) is 0 Å². The summed E-state index contributed by atoms with van der Waals surface area (Å²) in [6, 6.07) is 26.3. The zero-order valence-electron chi connectivity index (χ0n) is 15.0. The molecule has 1 atom stereocenters. The maximum absolute atomic E-state index is 13.6. The third kappa shape index (κ3) is 2.80. The monoisotopic (exact) mass is 355 g/mol. The van der Waals surface area contributed by atoms with Crippen LogP contribution in [0.3, 0.4) is 0 Å². The van der Waals surface area contributed by atoms with Gasteiger partial charge in [-0.25, -0.2) is 0 Å². The van der Waals surface area contributed by atoms with Crippen LogP contribution >= 0.6 is 0 Å². The number of hydrogen-bond acceptors (Lipinski definition) is 2. The van der Waals surface area contributed by atoms with E-state index in [1.165, 1.54) is 5.56 Å². The van der Waals surface area contributed by atoms with Gasteiger partial charge < -0.3 is 9.64 Å². The lowest BCUT2D eigenvalue weighted by molar-refractivity contribution is -0.131. The maximum Gasteiger partial charge on any atom is 0.234 e. The van der Waals surface area contributed by atoms with Gasteiger partial charge in [-0.1, -0.05) is 66.7 Å². The summed E-state index contributed by atoms with van der Waals surface area (Å²) in [5.74, 6) is 1.87. The van der Waals surface area contributed by atoms with Crippen LogP contribution in [0.4, 0.5) is 0 Å². The Morgan fingerprint density at radius 2 is 1.41 bits per heavy atom. The molecule has 2 heterocycles. The summed E-state index contributed by atoms with van der Waals surface area (Å²) < 4.78 is 6.04. The topological polar surface area (TPSA) is 29.5 Å². The molecule has 27 heavy (non-hydrogen) atoms. The number of nitrogens with zero attached hydrogens (tertiary/aromatic N) is 1. The number of para-hydroxylation sites is 2. The Labute approximate surface area is 159 Å². The minimum absolute atomic E-state index is 0.177. The molecular weight excluding hydrogens is 334 g/mol. The van der Waals surface area contributed by atoms with Gasteiger partial charge in [-0.2, -0.15) is 0 Å². The van der Waals surface area contributed by atoms with Gasteiger partial charge in [0.2, 0.25) is 5.91 Å². The molecule has 0 N–H and O–H groups in total. The van der Waals surface area contributed by atoms with Gasteiger partial charge in [0.05, 0.1) is 5.92 Å². The van der Waals surface area contributed by atoms with Crippen molar-refractivity contribution in [1.82, 2.24) is 4.90 Å². The van der Waals surface area contributed by atoms with E-state index in [1.807, 2.05) is 59.5 Å². The molecule has 1 saturated heterocycles. The van der Waals surface area contributed by atoms with Crippen LogP contribution < -0.4 is 4.74 Å². The Bertz CT molecular complexity index is 937. The third-order valence-electron chi connectivity index (χ3n) is 5.70. The van der Waals surface area contributed by atoms with Gasteiger partial charge >= 0.3 is 0 Å². The number of carbonyl (C=O) groups excluding carboxylic acids is 1. The van der Waals surface area contributed by atoms with Crippen molar-refractivity contribution < 1.29 is 9.53 Å². The van der Waals surface area contributed by atoms with E-state index in [4.69, 9.17) is 4.74 Å². The van der Waals surface area contributed by atoms with Crippen LogP contribution in [0.2, 0.25) is 0 Å². The fraction of sp³-hybridized carbons (Fsp3) is 0.208. The standard InChI is InChI=1S/C24H21NO2/c26-24(25-15-14-18(16-25)17-8-2-1-3-9-17)23-19-10-4-6-12-21(19)27-22-13-7-5-11-20(22)23/h1-13,18,23H,14-16H2. The molecule has 2 aliphatic rings. The number of likely N-dealkylation sites (tertiary alicyclic amines) is 1. The molecule has 5 rings (SSSR count). The average Bonchev–Trinajstić information content (AvgIpc) is 3.22. The maximum atomic E-state index is 13.6. The van der Waals surface area contributed by atoms with Crippen LogP contribution in [0.15, 0.2) is 78.9 Å². The van der Waals surface area contributed by atoms with E-state index in [0.29, 0.717) is 5.92 Å². The zero-order chi connectivity index (χ0) is 18.2. The van der Waals surface area contributed by atoms with Gasteiger partial charge in [0.25, 0.3) is 0 Å². The van der Waals surface area contributed by atoms with Crippen molar-refractivity contribution in [1.29, 1.82) is 0 Å². The van der Waals surface area contributed by atoms with Crippen molar-refractivity contribution >= 4 is 5.91 Å². The second kappa shape index (κ2) is 6.58. The summed E-state index contributed by atoms with van der Waals surface area (Å²) in [6.07, 6.45) is 1.02. The minimum atomic E-state index is -0.291. The summed E-state index contributed by atoms with van der Waals surface area (Å²) in [5, 5.41) is 0. The van der Waals surface area contributed by atoms with Gasteiger partial charge in [-0.05, 0) is 24.1 Å². The second-order valence-corrected chi connectivity index (χ2v) is 7.29. The molecule has 1 fully saturated rings. The van der Waals surface area contributed by atoms with Crippen molar-refractivity contribution in [2.75, 3.05) is 13.1 Å². The van der Waals surface area contributed by atoms with Crippen LogP contribution in [0.1, 0.15) is 34.9 Å². The Morgan fingerprint density at radius 1 is 0.815 bits per heavy atom. The number of carbonyl (C=O) groups is 1. The Kier molecular flexibility index (Phi) is 3.93. The van der Waals surface area contributed by atoms with E-state index in [-0.39, 0.29) is 11.8 Å². The molecule has 3 nitrogen and oxygen atoms in total. The normalized spacial score (nSPS) is 18.5. The van der Waals surface area contributed by atoms with E-state index in [0.717, 1.165) is 42.1 Å². The first-order valence-corrected chi connectivity index (χ1v) is 9.51. The molecule has 1 unspecified atom stereocenters. The highest BCUT2D eigenvalue weighted by Crippen LogP contribution is 2.45. The third-order valence-corrected chi connectivity index (χ3v) is 5.70. The van der Waals surface area contributed by atoms with Gasteiger partial charge in [-0.15, -0.1) is 0 Å². The highest BCUT2D eigenvalue weighted by molar-refractivity contribution is 5.90. The largest absolute Gasteiger partial charge is 0.457 e. The molecular formula is C24H21NO2. The summed E-state index contributed by atoms with van der Waals surface area (Å²) in [4.78, 5) is 15.6. The van der Waals surface area contributed by atoms with E-state index in [9.17, 15) is 4.79 Å². The summed E-state index contributed by atoms with van der Waals surface area (Å²) >= 11 is 0. The number of fused-ring (bicyclic) bond motifs is 2. The van der Waals surface area contributed by atoms with Gasteiger partial charge in [-0.3, -0.25) is 4.79 Å². The van der Waals surface area contributed by atoms with Crippen LogP contribution in [0.5, 0.6) is 11.5 Å². The quantitative estimate of drug-likeness (QED) is 0.652. The highest BCUT2D eigenvalue weighted by Gasteiger charge is 2.37. The Balaban J connectivity index is 1.47. The van der Waals surface area contributed by atoms with Crippen LogP contribution in [0, 0.1) is 0 Å². The predicted octanol–water partition coefficient (Wildman–Crippen LogP) is 4.94. The fourth-order valence-corrected chi connectivity index (χ4v) is 4.32. The second-order valence-electron chi connectivity index (χ2n) is 7.29. The summed E-state index contributed by atoms with van der Waals surface area (Å²) in [7, 11) is 0. The van der Waals surface area contributed by atoms with Gasteiger partial charge in [0.15, 0.2) is 0 Å². The van der Waals surface area contributed by atoms with Gasteiger partial charge in [0, 0.05) is 30.1 Å². The van der Waals surface area contributed by atoms with Crippen LogP contribution in [-0.4, -0.2) is 23.9 Å². The molecule has 0 aliphatic carbocycles. The first-order chi connectivity index (χ1) is 13.3. The number of benzene rings is 3. The molecule has 3 aromatic carbocycles. The molecule has 3 aromatic rings. The first-order valence-electron chi connectivity index (χ1n) is 9.51. The molecule has 3 heteroatoms. The van der Waals surface area contributed by atoms with E-state index >= 15 is 0 Å². The molecule has 0 spiro atoms. The smallest absolute Gasteiger partial charge is 0.234 e. The molecule has 0 radical (unpaired) electrons. The molecule has 134 valence electrons. The number of amides is 1. The SMILES string of the molecule is O=C(C1c2ccccc2Oc2ccccc21)N1CCC(c2ccccc2)C1. The summed E-state index contributed by atoms with van der Waals surface area (Å²) in [6.45, 7) is 1.59. The first kappa shape index (κ1) is 16.1. The van der Waals surface area contributed by atoms with Crippen molar-refractivity contribution in [3.05, 3.63) is 95.6 Å². The highest BCUT2D eigenvalue weighted by atomic mass is 16.5. The lowest BCUT2D eigenvalue weighted by Gasteiger charge is -2.30. The van der Waals surface area contributed by atoms with Crippen molar-refractivity contribution in [3.63, 3.8) is 0 Å².